The summed E-state index contributed by atoms with van der Waals surface area (Å²) in [4.78, 5) is 8.49. The van der Waals surface area contributed by atoms with Crippen LogP contribution in [0, 0.1) is 0 Å². The molecule has 0 fully saturated rings. The molecule has 2 aromatic rings. The lowest BCUT2D eigenvalue weighted by atomic mass is 10.1. The second-order valence-corrected chi connectivity index (χ2v) is 4.77. The summed E-state index contributed by atoms with van der Waals surface area (Å²) >= 11 is 6.03. The summed E-state index contributed by atoms with van der Waals surface area (Å²) in [5.74, 6) is 1.76. The number of methoxy groups -OCH3 is 2. The Bertz CT molecular complexity index is 544. The van der Waals surface area contributed by atoms with E-state index >= 15 is 0 Å². The van der Waals surface area contributed by atoms with Crippen LogP contribution in [0.15, 0.2) is 36.4 Å². The van der Waals surface area contributed by atoms with Crippen LogP contribution in [-0.4, -0.2) is 36.1 Å². The highest BCUT2D eigenvalue weighted by Gasteiger charge is 2.12. The molecule has 0 saturated heterocycles. The summed E-state index contributed by atoms with van der Waals surface area (Å²) in [6.07, 6.45) is 0.785. The summed E-state index contributed by atoms with van der Waals surface area (Å²) in [6.45, 7) is 0. The van der Waals surface area contributed by atoms with Crippen LogP contribution in [0.3, 0.4) is 0 Å². The molecule has 1 heterocycles. The van der Waals surface area contributed by atoms with Gasteiger partial charge in [-0.15, -0.1) is 11.6 Å². The van der Waals surface area contributed by atoms with Gasteiger partial charge in [0.05, 0.1) is 20.3 Å². The van der Waals surface area contributed by atoms with E-state index in [4.69, 9.17) is 21.1 Å². The standard InChI is InChI=1S/C15H18ClN3O2/c1-20-13-9-14(21-2)19-15(18-13)17-12(10-16)8-11-6-4-3-5-7-11/h3-7,9,12H,8,10H2,1-2H3,(H,17,18,19). The number of hydrogen-bond donors (Lipinski definition) is 1. The van der Waals surface area contributed by atoms with E-state index in [9.17, 15) is 0 Å². The number of alkyl halides is 1. The fraction of sp³-hybridized carbons (Fsp3) is 0.333. The minimum Gasteiger partial charge on any atom is -0.481 e. The maximum absolute atomic E-state index is 6.03. The Hall–Kier alpha value is -2.01. The summed E-state index contributed by atoms with van der Waals surface area (Å²) in [7, 11) is 3.10. The molecule has 6 heteroatoms. The lowest BCUT2D eigenvalue weighted by Gasteiger charge is -2.16. The zero-order valence-electron chi connectivity index (χ0n) is 12.0. The van der Waals surface area contributed by atoms with Crippen molar-refractivity contribution in [2.45, 2.75) is 12.5 Å². The van der Waals surface area contributed by atoms with Crippen LogP contribution in [-0.2, 0) is 6.42 Å². The minimum atomic E-state index is 0.0193. The molecule has 1 aromatic heterocycles. The van der Waals surface area contributed by atoms with E-state index in [-0.39, 0.29) is 6.04 Å². The minimum absolute atomic E-state index is 0.0193. The third-order valence-electron chi connectivity index (χ3n) is 2.94. The molecule has 0 spiro atoms. The molecule has 0 aliphatic heterocycles. The van der Waals surface area contributed by atoms with Crippen molar-refractivity contribution in [3.63, 3.8) is 0 Å². The van der Waals surface area contributed by atoms with Crippen molar-refractivity contribution < 1.29 is 9.47 Å². The van der Waals surface area contributed by atoms with E-state index in [1.165, 1.54) is 5.56 Å². The Balaban J connectivity index is 2.11. The van der Waals surface area contributed by atoms with Crippen molar-refractivity contribution >= 4 is 17.5 Å². The number of ether oxygens (including phenoxy) is 2. The first-order chi connectivity index (χ1) is 10.2. The molecule has 0 aliphatic carbocycles. The third-order valence-corrected chi connectivity index (χ3v) is 3.31. The first kappa shape index (κ1) is 15.4. The Labute approximate surface area is 129 Å². The molecule has 1 aromatic carbocycles. The van der Waals surface area contributed by atoms with Crippen LogP contribution in [0.5, 0.6) is 11.8 Å². The van der Waals surface area contributed by atoms with Crippen LogP contribution in [0.25, 0.3) is 0 Å². The highest BCUT2D eigenvalue weighted by Crippen LogP contribution is 2.18. The Morgan fingerprint density at radius 1 is 1.10 bits per heavy atom. The predicted molar refractivity (Wildman–Crippen MR) is 83.4 cm³/mol. The van der Waals surface area contributed by atoms with Crippen molar-refractivity contribution in [3.05, 3.63) is 42.0 Å². The molecular weight excluding hydrogens is 290 g/mol. The van der Waals surface area contributed by atoms with E-state index in [1.54, 1.807) is 20.3 Å². The molecule has 21 heavy (non-hydrogen) atoms. The second kappa shape index (κ2) is 7.69. The van der Waals surface area contributed by atoms with Gasteiger partial charge in [-0.2, -0.15) is 9.97 Å². The van der Waals surface area contributed by atoms with Gasteiger partial charge in [-0.25, -0.2) is 0 Å². The summed E-state index contributed by atoms with van der Waals surface area (Å²) in [6, 6.07) is 11.8. The molecule has 0 radical (unpaired) electrons. The lowest BCUT2D eigenvalue weighted by Crippen LogP contribution is -2.25. The van der Waals surface area contributed by atoms with Gasteiger partial charge in [-0.05, 0) is 12.0 Å². The van der Waals surface area contributed by atoms with Crippen LogP contribution in [0.2, 0.25) is 0 Å². The van der Waals surface area contributed by atoms with Gasteiger partial charge in [-0.1, -0.05) is 30.3 Å². The van der Waals surface area contributed by atoms with Crippen molar-refractivity contribution in [1.82, 2.24) is 9.97 Å². The number of nitrogens with zero attached hydrogens (tertiary/aromatic N) is 2. The number of benzene rings is 1. The molecule has 2 rings (SSSR count). The molecule has 5 nitrogen and oxygen atoms in total. The Kier molecular flexibility index (Phi) is 5.63. The number of aromatic nitrogens is 2. The SMILES string of the molecule is COc1cc(OC)nc(NC(CCl)Cc2ccccc2)n1. The van der Waals surface area contributed by atoms with Crippen molar-refractivity contribution in [1.29, 1.82) is 0 Å². The van der Waals surface area contributed by atoms with Gasteiger partial charge in [0.1, 0.15) is 0 Å². The molecule has 0 aliphatic rings. The Morgan fingerprint density at radius 2 is 1.71 bits per heavy atom. The van der Waals surface area contributed by atoms with Gasteiger partial charge in [0, 0.05) is 11.9 Å². The molecule has 0 amide bonds. The highest BCUT2D eigenvalue weighted by atomic mass is 35.5. The quantitative estimate of drug-likeness (QED) is 0.797. The molecule has 1 N–H and O–H groups in total. The van der Waals surface area contributed by atoms with Crippen LogP contribution >= 0.6 is 11.6 Å². The average molecular weight is 308 g/mol. The van der Waals surface area contributed by atoms with E-state index in [0.29, 0.717) is 23.6 Å². The van der Waals surface area contributed by atoms with Crippen molar-refractivity contribution in [2.75, 3.05) is 25.4 Å². The fourth-order valence-electron chi connectivity index (χ4n) is 1.90. The third kappa shape index (κ3) is 4.49. The van der Waals surface area contributed by atoms with Gasteiger partial charge in [0.25, 0.3) is 0 Å². The number of rotatable bonds is 7. The summed E-state index contributed by atoms with van der Waals surface area (Å²) in [5.41, 5.74) is 1.20. The normalized spacial score (nSPS) is 11.8. The maximum atomic E-state index is 6.03. The summed E-state index contributed by atoms with van der Waals surface area (Å²) < 4.78 is 10.3. The monoisotopic (exact) mass is 307 g/mol. The molecule has 112 valence electrons. The van der Waals surface area contributed by atoms with Gasteiger partial charge in [0.15, 0.2) is 0 Å². The molecule has 1 atom stereocenters. The summed E-state index contributed by atoms with van der Waals surface area (Å²) in [5, 5.41) is 3.21. The molecule has 0 saturated carbocycles. The van der Waals surface area contributed by atoms with E-state index in [1.807, 2.05) is 18.2 Å². The van der Waals surface area contributed by atoms with Gasteiger partial charge < -0.3 is 14.8 Å². The molecule has 0 bridgehead atoms. The zero-order chi connectivity index (χ0) is 15.1. The number of anilines is 1. The van der Waals surface area contributed by atoms with Crippen LogP contribution in [0.4, 0.5) is 5.95 Å². The second-order valence-electron chi connectivity index (χ2n) is 4.46. The average Bonchev–Trinajstić information content (AvgIpc) is 2.54. The van der Waals surface area contributed by atoms with Crippen molar-refractivity contribution in [3.8, 4) is 11.8 Å². The lowest BCUT2D eigenvalue weighted by molar-refractivity contribution is 0.372. The van der Waals surface area contributed by atoms with E-state index in [2.05, 4.69) is 27.4 Å². The van der Waals surface area contributed by atoms with E-state index < -0.39 is 0 Å². The van der Waals surface area contributed by atoms with Gasteiger partial charge in [0.2, 0.25) is 17.7 Å². The van der Waals surface area contributed by atoms with Crippen LogP contribution in [0.1, 0.15) is 5.56 Å². The first-order valence-electron chi connectivity index (χ1n) is 6.58. The zero-order valence-corrected chi connectivity index (χ0v) is 12.8. The maximum Gasteiger partial charge on any atom is 0.229 e. The van der Waals surface area contributed by atoms with Crippen molar-refractivity contribution in [2.24, 2.45) is 0 Å². The largest absolute Gasteiger partial charge is 0.481 e. The number of halogens is 1. The van der Waals surface area contributed by atoms with E-state index in [0.717, 1.165) is 6.42 Å². The van der Waals surface area contributed by atoms with Crippen LogP contribution < -0.4 is 14.8 Å². The fourth-order valence-corrected chi connectivity index (χ4v) is 2.09. The molecular formula is C15H18ClN3O2. The molecule has 1 unspecified atom stereocenters. The smallest absolute Gasteiger partial charge is 0.229 e. The predicted octanol–water partition coefficient (Wildman–Crippen LogP) is 2.76. The van der Waals surface area contributed by atoms with Gasteiger partial charge in [-0.3, -0.25) is 0 Å². The topological polar surface area (TPSA) is 56.3 Å². The Morgan fingerprint density at radius 3 is 2.24 bits per heavy atom. The van der Waals surface area contributed by atoms with Gasteiger partial charge >= 0.3 is 0 Å². The number of hydrogen-bond acceptors (Lipinski definition) is 5. The number of nitrogens with one attached hydrogen (secondary N) is 1. The first-order valence-corrected chi connectivity index (χ1v) is 7.12. The highest BCUT2D eigenvalue weighted by molar-refractivity contribution is 6.18.